The van der Waals surface area contributed by atoms with Crippen LogP contribution >= 0.6 is 0 Å². The molecule has 1 aromatic rings. The fraction of sp³-hybridized carbons (Fsp3) is 0.769. The SMILES string of the molecule is CCOCCCn1nnc(CC(N)=O)c1C1CCOC1. The van der Waals surface area contributed by atoms with Crippen molar-refractivity contribution >= 4 is 5.91 Å². The van der Waals surface area contributed by atoms with E-state index in [1.807, 2.05) is 11.6 Å². The highest BCUT2D eigenvalue weighted by Gasteiger charge is 2.26. The minimum absolute atomic E-state index is 0.136. The van der Waals surface area contributed by atoms with Crippen LogP contribution in [0, 0.1) is 0 Å². The third-order valence-corrected chi connectivity index (χ3v) is 3.37. The molecule has 1 aliphatic heterocycles. The van der Waals surface area contributed by atoms with E-state index >= 15 is 0 Å². The van der Waals surface area contributed by atoms with Gasteiger partial charge in [0.05, 0.1) is 24.4 Å². The van der Waals surface area contributed by atoms with E-state index in [2.05, 4.69) is 10.3 Å². The minimum Gasteiger partial charge on any atom is -0.382 e. The molecule has 2 rings (SSSR count). The first-order valence-electron chi connectivity index (χ1n) is 7.08. The summed E-state index contributed by atoms with van der Waals surface area (Å²) in [5.74, 6) is -0.127. The predicted octanol–water partition coefficient (Wildman–Crippen LogP) is 0.236. The van der Waals surface area contributed by atoms with Crippen molar-refractivity contribution in [3.05, 3.63) is 11.4 Å². The van der Waals surface area contributed by atoms with E-state index in [4.69, 9.17) is 15.2 Å². The van der Waals surface area contributed by atoms with Crippen molar-refractivity contribution in [2.24, 2.45) is 5.73 Å². The van der Waals surface area contributed by atoms with Gasteiger partial charge in [-0.25, -0.2) is 4.68 Å². The highest BCUT2D eigenvalue weighted by Crippen LogP contribution is 2.27. The Labute approximate surface area is 118 Å². The lowest BCUT2D eigenvalue weighted by atomic mass is 10.0. The molecule has 7 nitrogen and oxygen atoms in total. The molecule has 0 radical (unpaired) electrons. The van der Waals surface area contributed by atoms with E-state index < -0.39 is 0 Å². The van der Waals surface area contributed by atoms with Crippen LogP contribution < -0.4 is 5.73 Å². The zero-order valence-corrected chi connectivity index (χ0v) is 11.9. The normalized spacial score (nSPS) is 18.6. The standard InChI is InChI=1S/C13H22N4O3/c1-2-19-6-3-5-17-13(10-4-7-20-9-10)11(15-16-17)8-12(14)18/h10H,2-9H2,1H3,(H2,14,18). The summed E-state index contributed by atoms with van der Waals surface area (Å²) in [6.07, 6.45) is 1.94. The number of amides is 1. The summed E-state index contributed by atoms with van der Waals surface area (Å²) in [5, 5.41) is 8.27. The first kappa shape index (κ1) is 14.9. The van der Waals surface area contributed by atoms with Gasteiger partial charge in [-0.05, 0) is 19.8 Å². The molecule has 1 amide bonds. The fourth-order valence-corrected chi connectivity index (χ4v) is 2.47. The highest BCUT2D eigenvalue weighted by molar-refractivity contribution is 5.76. The Balaban J connectivity index is 2.09. The van der Waals surface area contributed by atoms with E-state index in [-0.39, 0.29) is 18.2 Å². The first-order valence-corrected chi connectivity index (χ1v) is 7.08. The maximum atomic E-state index is 11.1. The minimum atomic E-state index is -0.383. The molecule has 20 heavy (non-hydrogen) atoms. The predicted molar refractivity (Wildman–Crippen MR) is 72.2 cm³/mol. The summed E-state index contributed by atoms with van der Waals surface area (Å²) in [7, 11) is 0. The molecule has 112 valence electrons. The van der Waals surface area contributed by atoms with Crippen molar-refractivity contribution in [1.29, 1.82) is 0 Å². The Morgan fingerprint density at radius 3 is 3.10 bits per heavy atom. The molecule has 0 bridgehead atoms. The lowest BCUT2D eigenvalue weighted by Gasteiger charge is -2.12. The number of ether oxygens (including phenoxy) is 2. The van der Waals surface area contributed by atoms with Crippen LogP contribution in [0.15, 0.2) is 0 Å². The van der Waals surface area contributed by atoms with Crippen LogP contribution in [0.25, 0.3) is 0 Å². The van der Waals surface area contributed by atoms with Crippen LogP contribution in [-0.4, -0.2) is 47.3 Å². The summed E-state index contributed by atoms with van der Waals surface area (Å²) >= 11 is 0. The van der Waals surface area contributed by atoms with Crippen LogP contribution in [0.3, 0.4) is 0 Å². The zero-order chi connectivity index (χ0) is 14.4. The molecule has 1 unspecified atom stereocenters. The first-order chi connectivity index (χ1) is 9.72. The van der Waals surface area contributed by atoms with Gasteiger partial charge in [-0.2, -0.15) is 0 Å². The average molecular weight is 282 g/mol. The second-order valence-electron chi connectivity index (χ2n) is 4.90. The summed E-state index contributed by atoms with van der Waals surface area (Å²) in [6.45, 7) is 5.52. The topological polar surface area (TPSA) is 92.3 Å². The van der Waals surface area contributed by atoms with Gasteiger partial charge in [-0.15, -0.1) is 5.10 Å². The van der Waals surface area contributed by atoms with Crippen molar-refractivity contribution in [2.75, 3.05) is 26.4 Å². The number of rotatable bonds is 8. The molecule has 0 aromatic carbocycles. The van der Waals surface area contributed by atoms with E-state index in [0.29, 0.717) is 25.5 Å². The maximum absolute atomic E-state index is 11.1. The Bertz CT molecular complexity index is 441. The van der Waals surface area contributed by atoms with E-state index in [9.17, 15) is 4.79 Å². The highest BCUT2D eigenvalue weighted by atomic mass is 16.5. The van der Waals surface area contributed by atoms with Crippen molar-refractivity contribution in [1.82, 2.24) is 15.0 Å². The van der Waals surface area contributed by atoms with Crippen LogP contribution in [0.2, 0.25) is 0 Å². The summed E-state index contributed by atoms with van der Waals surface area (Å²) in [4.78, 5) is 11.1. The molecule has 0 spiro atoms. The lowest BCUT2D eigenvalue weighted by molar-refractivity contribution is -0.117. The molecule has 1 saturated heterocycles. The molecule has 1 aliphatic rings. The lowest BCUT2D eigenvalue weighted by Crippen LogP contribution is -2.18. The monoisotopic (exact) mass is 282 g/mol. The van der Waals surface area contributed by atoms with Crippen molar-refractivity contribution < 1.29 is 14.3 Å². The third-order valence-electron chi connectivity index (χ3n) is 3.37. The number of hydrogen-bond acceptors (Lipinski definition) is 5. The van der Waals surface area contributed by atoms with Crippen molar-refractivity contribution in [2.45, 2.75) is 38.6 Å². The summed E-state index contributed by atoms with van der Waals surface area (Å²) in [5.41, 5.74) is 6.96. The fourth-order valence-electron chi connectivity index (χ4n) is 2.47. The number of nitrogens with zero attached hydrogens (tertiary/aromatic N) is 3. The zero-order valence-electron chi connectivity index (χ0n) is 11.9. The van der Waals surface area contributed by atoms with Gasteiger partial charge in [-0.3, -0.25) is 4.79 Å². The average Bonchev–Trinajstić information content (AvgIpc) is 3.03. The molecule has 7 heteroatoms. The molecule has 0 aliphatic carbocycles. The van der Waals surface area contributed by atoms with Crippen LogP contribution in [-0.2, 0) is 27.2 Å². The molecule has 1 aromatic heterocycles. The molecule has 2 heterocycles. The van der Waals surface area contributed by atoms with Gasteiger partial charge in [0.1, 0.15) is 0 Å². The molecular formula is C13H22N4O3. The van der Waals surface area contributed by atoms with Gasteiger partial charge < -0.3 is 15.2 Å². The largest absolute Gasteiger partial charge is 0.382 e. The molecule has 2 N–H and O–H groups in total. The molecule has 1 fully saturated rings. The van der Waals surface area contributed by atoms with Gasteiger partial charge in [-0.1, -0.05) is 5.21 Å². The Hall–Kier alpha value is -1.47. The molecule has 0 saturated carbocycles. The molecular weight excluding hydrogens is 260 g/mol. The summed E-state index contributed by atoms with van der Waals surface area (Å²) in [6, 6.07) is 0. The quantitative estimate of drug-likeness (QED) is 0.689. The smallest absolute Gasteiger partial charge is 0.223 e. The Kier molecular flexibility index (Phi) is 5.49. The number of aromatic nitrogens is 3. The van der Waals surface area contributed by atoms with Crippen molar-refractivity contribution in [3.63, 3.8) is 0 Å². The Morgan fingerprint density at radius 2 is 2.45 bits per heavy atom. The van der Waals surface area contributed by atoms with Gasteiger partial charge in [0.25, 0.3) is 0 Å². The maximum Gasteiger partial charge on any atom is 0.223 e. The van der Waals surface area contributed by atoms with Gasteiger partial charge in [0, 0.05) is 32.3 Å². The van der Waals surface area contributed by atoms with E-state index in [1.54, 1.807) is 0 Å². The number of aryl methyl sites for hydroxylation is 1. The second kappa shape index (κ2) is 7.35. The number of carbonyl (C=O) groups excluding carboxylic acids is 1. The molecule has 1 atom stereocenters. The Morgan fingerprint density at radius 1 is 1.60 bits per heavy atom. The van der Waals surface area contributed by atoms with E-state index in [1.165, 1.54) is 0 Å². The van der Waals surface area contributed by atoms with Crippen LogP contribution in [0.1, 0.15) is 37.1 Å². The van der Waals surface area contributed by atoms with Gasteiger partial charge in [0.15, 0.2) is 0 Å². The van der Waals surface area contributed by atoms with Crippen LogP contribution in [0.4, 0.5) is 0 Å². The number of carbonyl (C=O) groups is 1. The number of primary amides is 1. The number of nitrogens with two attached hydrogens (primary N) is 1. The number of hydrogen-bond donors (Lipinski definition) is 1. The van der Waals surface area contributed by atoms with E-state index in [0.717, 1.165) is 31.7 Å². The second-order valence-corrected chi connectivity index (χ2v) is 4.90. The van der Waals surface area contributed by atoms with Crippen LogP contribution in [0.5, 0.6) is 0 Å². The van der Waals surface area contributed by atoms with Crippen molar-refractivity contribution in [3.8, 4) is 0 Å². The van der Waals surface area contributed by atoms with Gasteiger partial charge in [0.2, 0.25) is 5.91 Å². The van der Waals surface area contributed by atoms with Gasteiger partial charge >= 0.3 is 0 Å². The summed E-state index contributed by atoms with van der Waals surface area (Å²) < 4.78 is 12.6. The third kappa shape index (κ3) is 3.77.